The van der Waals surface area contributed by atoms with Crippen molar-refractivity contribution < 1.29 is 19.2 Å². The molecule has 0 aliphatic rings. The lowest BCUT2D eigenvalue weighted by molar-refractivity contribution is -0.384. The first-order valence-corrected chi connectivity index (χ1v) is 4.42. The first kappa shape index (κ1) is 11.9. The summed E-state index contributed by atoms with van der Waals surface area (Å²) in [6.07, 6.45) is -0.890. The summed E-state index contributed by atoms with van der Waals surface area (Å²) in [5.41, 5.74) is 5.03. The summed E-state index contributed by atoms with van der Waals surface area (Å²) in [6, 6.07) is 5.07. The SMILES string of the molecule is NCCOC(=O)Oc1ccc([N+](=O)[O-])cc1. The van der Waals surface area contributed by atoms with Crippen molar-refractivity contribution in [3.8, 4) is 5.75 Å². The van der Waals surface area contributed by atoms with Crippen LogP contribution in [-0.4, -0.2) is 24.2 Å². The molecule has 1 aromatic carbocycles. The summed E-state index contributed by atoms with van der Waals surface area (Å²) in [4.78, 5) is 20.7. The molecule has 2 N–H and O–H groups in total. The molecule has 7 heteroatoms. The van der Waals surface area contributed by atoms with Gasteiger partial charge in [-0.25, -0.2) is 4.79 Å². The second kappa shape index (κ2) is 5.66. The fraction of sp³-hybridized carbons (Fsp3) is 0.222. The first-order chi connectivity index (χ1) is 7.63. The number of non-ortho nitro benzene ring substituents is 1. The monoisotopic (exact) mass is 226 g/mol. The third kappa shape index (κ3) is 3.54. The van der Waals surface area contributed by atoms with E-state index in [1.165, 1.54) is 24.3 Å². The number of nitro groups is 1. The fourth-order valence-electron chi connectivity index (χ4n) is 0.904. The van der Waals surface area contributed by atoms with E-state index in [0.717, 1.165) is 0 Å². The van der Waals surface area contributed by atoms with Gasteiger partial charge in [0.2, 0.25) is 0 Å². The molecule has 0 aliphatic carbocycles. The number of nitrogens with zero attached hydrogens (tertiary/aromatic N) is 1. The largest absolute Gasteiger partial charge is 0.513 e. The molecule has 0 aromatic heterocycles. The molecule has 0 saturated heterocycles. The first-order valence-electron chi connectivity index (χ1n) is 4.42. The Bertz CT molecular complexity index is 376. The van der Waals surface area contributed by atoms with Crippen LogP contribution in [0.4, 0.5) is 10.5 Å². The molecule has 0 saturated carbocycles. The van der Waals surface area contributed by atoms with Crippen molar-refractivity contribution in [2.24, 2.45) is 5.73 Å². The van der Waals surface area contributed by atoms with Gasteiger partial charge in [-0.05, 0) is 12.1 Å². The zero-order chi connectivity index (χ0) is 12.0. The maximum Gasteiger partial charge on any atom is 0.513 e. The molecular formula is C9H10N2O5. The lowest BCUT2D eigenvalue weighted by Crippen LogP contribution is -2.16. The minimum Gasteiger partial charge on any atom is -0.433 e. The lowest BCUT2D eigenvalue weighted by atomic mass is 10.3. The molecule has 0 bridgehead atoms. The molecule has 1 aromatic rings. The van der Waals surface area contributed by atoms with E-state index in [4.69, 9.17) is 10.5 Å². The van der Waals surface area contributed by atoms with Crippen LogP contribution in [0.5, 0.6) is 5.75 Å². The van der Waals surface area contributed by atoms with Crippen LogP contribution in [0.3, 0.4) is 0 Å². The van der Waals surface area contributed by atoms with Crippen LogP contribution < -0.4 is 10.5 Å². The number of hydrogen-bond donors (Lipinski definition) is 1. The van der Waals surface area contributed by atoms with Gasteiger partial charge in [0, 0.05) is 18.7 Å². The van der Waals surface area contributed by atoms with Gasteiger partial charge in [-0.15, -0.1) is 0 Å². The molecule has 1 rings (SSSR count). The molecule has 0 atom stereocenters. The number of nitro benzene ring substituents is 1. The lowest BCUT2D eigenvalue weighted by Gasteiger charge is -2.03. The molecule has 0 radical (unpaired) electrons. The second-order valence-corrected chi connectivity index (χ2v) is 2.74. The van der Waals surface area contributed by atoms with E-state index in [0.29, 0.717) is 0 Å². The van der Waals surface area contributed by atoms with Gasteiger partial charge < -0.3 is 15.2 Å². The van der Waals surface area contributed by atoms with E-state index in [1.807, 2.05) is 0 Å². The molecular weight excluding hydrogens is 216 g/mol. The van der Waals surface area contributed by atoms with Crippen molar-refractivity contribution in [2.45, 2.75) is 0 Å². The Morgan fingerprint density at radius 2 is 2.00 bits per heavy atom. The van der Waals surface area contributed by atoms with E-state index in [-0.39, 0.29) is 24.6 Å². The van der Waals surface area contributed by atoms with Crippen molar-refractivity contribution in [3.63, 3.8) is 0 Å². The molecule has 0 amide bonds. The Labute approximate surface area is 90.9 Å². The predicted octanol–water partition coefficient (Wildman–Crippen LogP) is 1.07. The van der Waals surface area contributed by atoms with Crippen molar-refractivity contribution in [3.05, 3.63) is 34.4 Å². The highest BCUT2D eigenvalue weighted by molar-refractivity contribution is 5.63. The zero-order valence-electron chi connectivity index (χ0n) is 8.29. The van der Waals surface area contributed by atoms with E-state index in [2.05, 4.69) is 4.74 Å². The van der Waals surface area contributed by atoms with E-state index < -0.39 is 11.1 Å². The van der Waals surface area contributed by atoms with Gasteiger partial charge in [0.15, 0.2) is 0 Å². The average Bonchev–Trinajstić information content (AvgIpc) is 2.27. The molecule has 0 heterocycles. The molecule has 0 spiro atoms. The number of hydrogen-bond acceptors (Lipinski definition) is 6. The highest BCUT2D eigenvalue weighted by Crippen LogP contribution is 2.17. The average molecular weight is 226 g/mol. The van der Waals surface area contributed by atoms with Crippen LogP contribution in [0.15, 0.2) is 24.3 Å². The Morgan fingerprint density at radius 3 is 2.50 bits per heavy atom. The van der Waals surface area contributed by atoms with Gasteiger partial charge in [0.1, 0.15) is 12.4 Å². The second-order valence-electron chi connectivity index (χ2n) is 2.74. The number of nitrogens with two attached hydrogens (primary N) is 1. The van der Waals surface area contributed by atoms with E-state index in [9.17, 15) is 14.9 Å². The van der Waals surface area contributed by atoms with Gasteiger partial charge in [-0.1, -0.05) is 0 Å². The summed E-state index contributed by atoms with van der Waals surface area (Å²) in [7, 11) is 0. The summed E-state index contributed by atoms with van der Waals surface area (Å²) >= 11 is 0. The van der Waals surface area contributed by atoms with E-state index in [1.54, 1.807) is 0 Å². The predicted molar refractivity (Wildman–Crippen MR) is 54.1 cm³/mol. The standard InChI is InChI=1S/C9H10N2O5/c10-5-6-15-9(12)16-8-3-1-7(2-4-8)11(13)14/h1-4H,5-6,10H2. The summed E-state index contributed by atoms with van der Waals surface area (Å²) in [5.74, 6) is 0.174. The Kier molecular flexibility index (Phi) is 4.22. The third-order valence-electron chi connectivity index (χ3n) is 1.59. The van der Waals surface area contributed by atoms with Gasteiger partial charge >= 0.3 is 6.16 Å². The molecule has 86 valence electrons. The molecule has 16 heavy (non-hydrogen) atoms. The summed E-state index contributed by atoms with van der Waals surface area (Å²) < 4.78 is 9.26. The van der Waals surface area contributed by atoms with Crippen molar-refractivity contribution in [2.75, 3.05) is 13.2 Å². The molecule has 0 unspecified atom stereocenters. The Hall–Kier alpha value is -2.15. The van der Waals surface area contributed by atoms with Crippen LogP contribution in [0.1, 0.15) is 0 Å². The molecule has 0 aliphatic heterocycles. The Morgan fingerprint density at radius 1 is 1.38 bits per heavy atom. The van der Waals surface area contributed by atoms with Crippen molar-refractivity contribution in [1.82, 2.24) is 0 Å². The molecule has 7 nitrogen and oxygen atoms in total. The van der Waals surface area contributed by atoms with Crippen LogP contribution >= 0.6 is 0 Å². The third-order valence-corrected chi connectivity index (χ3v) is 1.59. The van der Waals surface area contributed by atoms with Crippen LogP contribution in [0, 0.1) is 10.1 Å². The summed E-state index contributed by atoms with van der Waals surface area (Å²) in [6.45, 7) is 0.265. The van der Waals surface area contributed by atoms with Gasteiger partial charge in [0.25, 0.3) is 5.69 Å². The topological polar surface area (TPSA) is 105 Å². The minimum atomic E-state index is -0.890. The summed E-state index contributed by atoms with van der Waals surface area (Å²) in [5, 5.41) is 10.3. The van der Waals surface area contributed by atoms with E-state index >= 15 is 0 Å². The highest BCUT2D eigenvalue weighted by Gasteiger charge is 2.08. The van der Waals surface area contributed by atoms with Crippen molar-refractivity contribution >= 4 is 11.8 Å². The van der Waals surface area contributed by atoms with Gasteiger partial charge in [-0.2, -0.15) is 0 Å². The Balaban J connectivity index is 2.55. The highest BCUT2D eigenvalue weighted by atomic mass is 16.7. The number of carbonyl (C=O) groups excluding carboxylic acids is 1. The quantitative estimate of drug-likeness (QED) is 0.356. The van der Waals surface area contributed by atoms with Crippen LogP contribution in [0.2, 0.25) is 0 Å². The maximum absolute atomic E-state index is 11.0. The normalized spacial score (nSPS) is 9.56. The van der Waals surface area contributed by atoms with Gasteiger partial charge in [-0.3, -0.25) is 10.1 Å². The molecule has 0 fully saturated rings. The smallest absolute Gasteiger partial charge is 0.433 e. The van der Waals surface area contributed by atoms with Gasteiger partial charge in [0.05, 0.1) is 4.92 Å². The van der Waals surface area contributed by atoms with Crippen LogP contribution in [-0.2, 0) is 4.74 Å². The fourth-order valence-corrected chi connectivity index (χ4v) is 0.904. The number of ether oxygens (including phenoxy) is 2. The number of carbonyl (C=O) groups is 1. The van der Waals surface area contributed by atoms with Crippen molar-refractivity contribution in [1.29, 1.82) is 0 Å². The van der Waals surface area contributed by atoms with Crippen LogP contribution in [0.25, 0.3) is 0 Å². The minimum absolute atomic E-state index is 0.0613. The zero-order valence-corrected chi connectivity index (χ0v) is 8.29. The maximum atomic E-state index is 11.0. The number of benzene rings is 1. The number of rotatable bonds is 4.